The molecule has 6 heteroatoms. The minimum Gasteiger partial charge on any atom is -0.478 e. The number of carbonyl (C=O) groups is 2. The number of carboxylic acid groups (broad SMARTS) is 2. The van der Waals surface area contributed by atoms with Gasteiger partial charge < -0.3 is 10.2 Å². The Hall–Kier alpha value is -1.40. The Balaban J connectivity index is 2.63. The molecular formula is C24H42N2O4. The minimum absolute atomic E-state index is 0.123. The lowest BCUT2D eigenvalue weighted by Crippen LogP contribution is -2.60. The summed E-state index contributed by atoms with van der Waals surface area (Å²) < 4.78 is 0. The third kappa shape index (κ3) is 4.45. The zero-order chi connectivity index (χ0) is 23.4. The second kappa shape index (κ2) is 7.63. The summed E-state index contributed by atoms with van der Waals surface area (Å²) in [5.74, 6) is -2.74. The van der Waals surface area contributed by atoms with Crippen molar-refractivity contribution in [3.05, 3.63) is 11.1 Å². The first-order chi connectivity index (χ1) is 13.3. The van der Waals surface area contributed by atoms with Crippen LogP contribution in [0.25, 0.3) is 0 Å². The van der Waals surface area contributed by atoms with E-state index >= 15 is 0 Å². The zero-order valence-corrected chi connectivity index (χ0v) is 20.6. The lowest BCUT2D eigenvalue weighted by Gasteiger charge is -2.55. The summed E-state index contributed by atoms with van der Waals surface area (Å²) in [4.78, 5) is 29.6. The van der Waals surface area contributed by atoms with Crippen LogP contribution < -0.4 is 0 Å². The van der Waals surface area contributed by atoms with Crippen molar-refractivity contribution in [1.82, 2.24) is 9.80 Å². The fraction of sp³-hybridized carbons (Fsp3) is 0.833. The smallest absolute Gasteiger partial charge is 0.332 e. The molecule has 0 atom stereocenters. The van der Waals surface area contributed by atoms with E-state index in [0.717, 1.165) is 0 Å². The van der Waals surface area contributed by atoms with Crippen LogP contribution in [0.5, 0.6) is 0 Å². The Morgan fingerprint density at radius 1 is 0.600 bits per heavy atom. The van der Waals surface area contributed by atoms with Crippen molar-refractivity contribution < 1.29 is 19.8 Å². The molecule has 2 aliphatic heterocycles. The van der Waals surface area contributed by atoms with Crippen molar-refractivity contribution in [2.75, 3.05) is 14.1 Å². The molecule has 0 aliphatic carbocycles. The van der Waals surface area contributed by atoms with Crippen LogP contribution in [-0.2, 0) is 9.59 Å². The predicted octanol–water partition coefficient (Wildman–Crippen LogP) is 4.25. The van der Waals surface area contributed by atoms with Crippen LogP contribution in [0.15, 0.2) is 11.1 Å². The average Bonchev–Trinajstić information content (AvgIpc) is 2.53. The summed E-state index contributed by atoms with van der Waals surface area (Å²) in [6, 6.07) is 0. The second-order valence-corrected chi connectivity index (χ2v) is 12.0. The summed E-state index contributed by atoms with van der Waals surface area (Å²) >= 11 is 0. The lowest BCUT2D eigenvalue weighted by atomic mass is 9.66. The molecule has 0 spiro atoms. The molecule has 0 unspecified atom stereocenters. The van der Waals surface area contributed by atoms with E-state index in [2.05, 4.69) is 79.3 Å². The molecule has 2 aliphatic rings. The van der Waals surface area contributed by atoms with Crippen molar-refractivity contribution in [3.8, 4) is 0 Å². The van der Waals surface area contributed by atoms with Gasteiger partial charge in [-0.1, -0.05) is 0 Å². The molecule has 6 nitrogen and oxygen atoms in total. The van der Waals surface area contributed by atoms with Crippen LogP contribution in [-0.4, -0.2) is 68.2 Å². The summed E-state index contributed by atoms with van der Waals surface area (Å²) in [6.45, 7) is 16.9. The Morgan fingerprint density at radius 2 is 0.800 bits per heavy atom. The fourth-order valence-corrected chi connectivity index (χ4v) is 6.17. The van der Waals surface area contributed by atoms with Crippen molar-refractivity contribution in [2.24, 2.45) is 11.8 Å². The molecule has 2 heterocycles. The van der Waals surface area contributed by atoms with Gasteiger partial charge in [0, 0.05) is 22.2 Å². The van der Waals surface area contributed by atoms with Crippen LogP contribution in [0.3, 0.4) is 0 Å². The van der Waals surface area contributed by atoms with Gasteiger partial charge in [-0.25, -0.2) is 9.59 Å². The van der Waals surface area contributed by atoms with E-state index in [4.69, 9.17) is 0 Å². The highest BCUT2D eigenvalue weighted by atomic mass is 16.4. The first-order valence-corrected chi connectivity index (χ1v) is 11.0. The number of hydrogen-bond acceptors (Lipinski definition) is 4. The van der Waals surface area contributed by atoms with Crippen LogP contribution in [0, 0.1) is 11.8 Å². The van der Waals surface area contributed by atoms with Crippen molar-refractivity contribution >= 4 is 11.9 Å². The maximum atomic E-state index is 12.5. The van der Waals surface area contributed by atoms with Gasteiger partial charge in [-0.3, -0.25) is 9.80 Å². The minimum atomic E-state index is -1.08. The zero-order valence-electron chi connectivity index (χ0n) is 20.6. The monoisotopic (exact) mass is 422 g/mol. The molecule has 0 bridgehead atoms. The van der Waals surface area contributed by atoms with Gasteiger partial charge in [-0.2, -0.15) is 0 Å². The Morgan fingerprint density at radius 3 is 0.967 bits per heavy atom. The molecule has 0 aromatic rings. The number of aliphatic carboxylic acids is 2. The number of rotatable bonds is 4. The number of hydrogen-bond donors (Lipinski definition) is 2. The molecule has 172 valence electrons. The SMILES string of the molecule is CN1C(C)(C)CC(C(C(=O)O)=C(C(=O)O)C2CC(C)(C)N(C)C(C)(C)C2)CC1(C)C. The van der Waals surface area contributed by atoms with Gasteiger partial charge in [0.2, 0.25) is 0 Å². The van der Waals surface area contributed by atoms with E-state index in [1.165, 1.54) is 0 Å². The molecule has 0 aromatic carbocycles. The fourth-order valence-electron chi connectivity index (χ4n) is 6.17. The third-order valence-corrected chi connectivity index (χ3v) is 8.18. The molecule has 0 radical (unpaired) electrons. The molecule has 2 fully saturated rings. The van der Waals surface area contributed by atoms with Gasteiger partial charge in [0.15, 0.2) is 0 Å². The van der Waals surface area contributed by atoms with E-state index in [1.54, 1.807) is 0 Å². The highest BCUT2D eigenvalue weighted by Crippen LogP contribution is 2.48. The number of piperidine rings is 2. The molecule has 2 rings (SSSR count). The van der Waals surface area contributed by atoms with Crippen molar-refractivity contribution in [1.29, 1.82) is 0 Å². The predicted molar refractivity (Wildman–Crippen MR) is 120 cm³/mol. The van der Waals surface area contributed by atoms with Crippen molar-refractivity contribution in [2.45, 2.75) is 103 Å². The number of likely N-dealkylation sites (tertiary alicyclic amines) is 2. The van der Waals surface area contributed by atoms with E-state index in [0.29, 0.717) is 25.7 Å². The maximum absolute atomic E-state index is 12.5. The first kappa shape index (κ1) is 24.9. The van der Waals surface area contributed by atoms with E-state index in [9.17, 15) is 19.8 Å². The molecule has 30 heavy (non-hydrogen) atoms. The molecule has 2 saturated heterocycles. The highest BCUT2D eigenvalue weighted by Gasteiger charge is 2.49. The summed E-state index contributed by atoms with van der Waals surface area (Å²) in [5.41, 5.74) is -0.635. The number of carboxylic acids is 2. The maximum Gasteiger partial charge on any atom is 0.332 e. The molecular weight excluding hydrogens is 380 g/mol. The number of nitrogens with zero attached hydrogens (tertiary/aromatic N) is 2. The first-order valence-electron chi connectivity index (χ1n) is 11.0. The van der Waals surface area contributed by atoms with Gasteiger partial charge in [-0.15, -0.1) is 0 Å². The van der Waals surface area contributed by atoms with Gasteiger partial charge >= 0.3 is 11.9 Å². The highest BCUT2D eigenvalue weighted by molar-refractivity contribution is 5.99. The summed E-state index contributed by atoms with van der Waals surface area (Å²) in [5, 5.41) is 20.5. The van der Waals surface area contributed by atoms with Crippen LogP contribution in [0.2, 0.25) is 0 Å². The third-order valence-electron chi connectivity index (χ3n) is 8.18. The quantitative estimate of drug-likeness (QED) is 0.659. The van der Waals surface area contributed by atoms with Crippen LogP contribution in [0.1, 0.15) is 81.1 Å². The Bertz CT molecular complexity index is 650. The van der Waals surface area contributed by atoms with Gasteiger partial charge in [0.1, 0.15) is 0 Å². The van der Waals surface area contributed by atoms with Gasteiger partial charge in [0.25, 0.3) is 0 Å². The summed E-state index contributed by atoms with van der Waals surface area (Å²) in [6.07, 6.45) is 2.52. The lowest BCUT2D eigenvalue weighted by molar-refractivity contribution is -0.138. The van der Waals surface area contributed by atoms with Crippen LogP contribution >= 0.6 is 0 Å². The molecule has 0 aromatic heterocycles. The summed E-state index contributed by atoms with van der Waals surface area (Å²) in [7, 11) is 4.14. The molecule has 0 amide bonds. The average molecular weight is 423 g/mol. The molecule has 2 N–H and O–H groups in total. The second-order valence-electron chi connectivity index (χ2n) is 12.0. The van der Waals surface area contributed by atoms with Crippen LogP contribution in [0.4, 0.5) is 0 Å². The topological polar surface area (TPSA) is 81.1 Å². The van der Waals surface area contributed by atoms with Gasteiger partial charge in [0.05, 0.1) is 11.1 Å². The largest absolute Gasteiger partial charge is 0.478 e. The normalized spacial score (nSPS) is 28.1. The molecule has 0 saturated carbocycles. The van der Waals surface area contributed by atoms with E-state index < -0.39 is 11.9 Å². The standard InChI is InChI=1S/C24H42N2O4/c1-21(2)11-15(12-22(3,4)25(21)9)17(19(27)28)18(20(29)30)16-13-23(5,6)26(10)24(7,8)14-16/h15-16H,11-14H2,1-10H3,(H,27,28)(H,29,30). The van der Waals surface area contributed by atoms with E-state index in [-0.39, 0.29) is 45.1 Å². The Kier molecular flexibility index (Phi) is 6.32. The van der Waals surface area contributed by atoms with E-state index in [1.807, 2.05) is 0 Å². The van der Waals surface area contributed by atoms with Crippen molar-refractivity contribution in [3.63, 3.8) is 0 Å². The Labute approximate surface area is 182 Å². The van der Waals surface area contributed by atoms with Gasteiger partial charge in [-0.05, 0) is 107 Å².